The van der Waals surface area contributed by atoms with Gasteiger partial charge >= 0.3 is 23.9 Å². The van der Waals surface area contributed by atoms with Gasteiger partial charge in [0.25, 0.3) is 0 Å². The molecule has 0 aliphatic heterocycles. The fourth-order valence-corrected chi connectivity index (χ4v) is 2.74. The Hall–Kier alpha value is -2.64. The first-order valence-corrected chi connectivity index (χ1v) is 9.03. The Morgan fingerprint density at radius 1 is 0.815 bits per heavy atom. The minimum Gasteiger partial charge on any atom is -0.465 e. The van der Waals surface area contributed by atoms with Crippen LogP contribution in [0.2, 0.25) is 0 Å². The molecule has 0 aromatic heterocycles. The largest absolute Gasteiger partial charge is 0.465 e. The molecule has 1 aliphatic rings. The van der Waals surface area contributed by atoms with E-state index in [9.17, 15) is 19.2 Å². The van der Waals surface area contributed by atoms with Crippen LogP contribution in [0.25, 0.3) is 0 Å². The smallest absolute Gasteiger partial charge is 0.345 e. The van der Waals surface area contributed by atoms with Gasteiger partial charge < -0.3 is 18.9 Å². The molecule has 0 saturated carbocycles. The van der Waals surface area contributed by atoms with Gasteiger partial charge in [-0.1, -0.05) is 6.08 Å². The van der Waals surface area contributed by atoms with E-state index < -0.39 is 29.8 Å². The van der Waals surface area contributed by atoms with Crippen molar-refractivity contribution in [1.29, 1.82) is 0 Å². The summed E-state index contributed by atoms with van der Waals surface area (Å²) in [5.41, 5.74) is 0.169. The molecule has 150 valence electrons. The van der Waals surface area contributed by atoms with E-state index in [0.717, 1.165) is 0 Å². The number of carbonyl (C=O) groups excluding carboxylic acids is 4. The first-order chi connectivity index (χ1) is 12.9. The van der Waals surface area contributed by atoms with Gasteiger partial charge in [-0.15, -0.1) is 0 Å². The maximum absolute atomic E-state index is 12.4. The van der Waals surface area contributed by atoms with Gasteiger partial charge in [0.1, 0.15) is 5.57 Å². The lowest BCUT2D eigenvalue weighted by atomic mass is 9.91. The van der Waals surface area contributed by atoms with Crippen molar-refractivity contribution < 1.29 is 38.1 Å². The first-order valence-electron chi connectivity index (χ1n) is 9.03. The summed E-state index contributed by atoms with van der Waals surface area (Å²) in [5.74, 6) is -4.68. The summed E-state index contributed by atoms with van der Waals surface area (Å²) in [7, 11) is 0. The standard InChI is InChI=1S/C19H26O8/c1-5-24-16(20)14(17(21)25-6-2)12-10-9-11-13(12)15(18(22)26-7-3)19(23)27-8-4/h10,14H,5-9,11H2,1-4H3. The summed E-state index contributed by atoms with van der Waals surface area (Å²) in [6, 6.07) is 0. The van der Waals surface area contributed by atoms with Crippen molar-refractivity contribution in [3.63, 3.8) is 0 Å². The summed E-state index contributed by atoms with van der Waals surface area (Å²) in [5, 5.41) is 0. The van der Waals surface area contributed by atoms with Crippen LogP contribution in [0.15, 0.2) is 22.8 Å². The molecule has 1 rings (SSSR count). The van der Waals surface area contributed by atoms with Gasteiger partial charge in [-0.25, -0.2) is 9.59 Å². The lowest BCUT2D eigenvalue weighted by Crippen LogP contribution is -2.31. The normalized spacial score (nSPS) is 13.1. The average Bonchev–Trinajstić information content (AvgIpc) is 3.05. The van der Waals surface area contributed by atoms with E-state index in [0.29, 0.717) is 6.42 Å². The van der Waals surface area contributed by atoms with E-state index >= 15 is 0 Å². The third kappa shape index (κ3) is 5.67. The molecule has 8 nitrogen and oxygen atoms in total. The van der Waals surface area contributed by atoms with Crippen molar-refractivity contribution in [3.05, 3.63) is 22.8 Å². The SMILES string of the molecule is CCOC(=O)C(C(=O)OCC)=C1CCC=C1C(C(=O)OCC)C(=O)OCC. The molecule has 0 aromatic carbocycles. The van der Waals surface area contributed by atoms with Crippen LogP contribution in [0.4, 0.5) is 0 Å². The fraction of sp³-hybridized carbons (Fsp3) is 0.579. The van der Waals surface area contributed by atoms with E-state index in [1.54, 1.807) is 33.8 Å². The predicted molar refractivity (Wildman–Crippen MR) is 94.4 cm³/mol. The highest BCUT2D eigenvalue weighted by Crippen LogP contribution is 2.35. The fourth-order valence-electron chi connectivity index (χ4n) is 2.74. The minimum absolute atomic E-state index is 0.0627. The zero-order valence-electron chi connectivity index (χ0n) is 16.2. The monoisotopic (exact) mass is 382 g/mol. The minimum atomic E-state index is -1.37. The Morgan fingerprint density at radius 2 is 1.26 bits per heavy atom. The van der Waals surface area contributed by atoms with E-state index in [-0.39, 0.29) is 49.6 Å². The molecule has 0 bridgehead atoms. The van der Waals surface area contributed by atoms with Crippen LogP contribution in [0.1, 0.15) is 40.5 Å². The van der Waals surface area contributed by atoms with Gasteiger partial charge in [-0.2, -0.15) is 0 Å². The molecule has 8 heteroatoms. The van der Waals surface area contributed by atoms with Gasteiger partial charge in [0.15, 0.2) is 5.92 Å². The Bertz CT molecular complexity index is 606. The molecular weight excluding hydrogens is 356 g/mol. The highest BCUT2D eigenvalue weighted by Gasteiger charge is 2.39. The summed E-state index contributed by atoms with van der Waals surface area (Å²) in [6.45, 7) is 6.71. The summed E-state index contributed by atoms with van der Waals surface area (Å²) < 4.78 is 19.9. The molecule has 0 unspecified atom stereocenters. The quantitative estimate of drug-likeness (QED) is 0.196. The zero-order valence-corrected chi connectivity index (χ0v) is 16.2. The summed E-state index contributed by atoms with van der Waals surface area (Å²) >= 11 is 0. The molecule has 0 atom stereocenters. The molecule has 1 aliphatic carbocycles. The van der Waals surface area contributed by atoms with Crippen LogP contribution in [0.3, 0.4) is 0 Å². The maximum Gasteiger partial charge on any atom is 0.345 e. The topological polar surface area (TPSA) is 105 Å². The van der Waals surface area contributed by atoms with Gasteiger partial charge in [-0.3, -0.25) is 9.59 Å². The molecule has 0 N–H and O–H groups in total. The van der Waals surface area contributed by atoms with Crippen LogP contribution < -0.4 is 0 Å². The van der Waals surface area contributed by atoms with E-state index in [4.69, 9.17) is 18.9 Å². The molecule has 0 saturated heterocycles. The van der Waals surface area contributed by atoms with Crippen molar-refractivity contribution >= 4 is 23.9 Å². The predicted octanol–water partition coefficient (Wildman–Crippen LogP) is 1.87. The number of carbonyl (C=O) groups is 4. The molecular formula is C19H26O8. The highest BCUT2D eigenvalue weighted by molar-refractivity contribution is 6.16. The average molecular weight is 382 g/mol. The zero-order chi connectivity index (χ0) is 20.4. The van der Waals surface area contributed by atoms with Crippen LogP contribution in [-0.2, 0) is 38.1 Å². The second kappa shape index (κ2) is 11.2. The lowest BCUT2D eigenvalue weighted by molar-refractivity contribution is -0.159. The van der Waals surface area contributed by atoms with Gasteiger partial charge in [-0.05, 0) is 51.7 Å². The van der Waals surface area contributed by atoms with E-state index in [2.05, 4.69) is 0 Å². The van der Waals surface area contributed by atoms with Crippen molar-refractivity contribution in [2.24, 2.45) is 5.92 Å². The van der Waals surface area contributed by atoms with Crippen LogP contribution in [0, 0.1) is 5.92 Å². The number of hydrogen-bond acceptors (Lipinski definition) is 8. The molecule has 27 heavy (non-hydrogen) atoms. The second-order valence-electron chi connectivity index (χ2n) is 5.43. The van der Waals surface area contributed by atoms with E-state index in [1.165, 1.54) is 0 Å². The molecule has 0 heterocycles. The van der Waals surface area contributed by atoms with Crippen LogP contribution in [0.5, 0.6) is 0 Å². The van der Waals surface area contributed by atoms with Crippen molar-refractivity contribution in [2.75, 3.05) is 26.4 Å². The Kier molecular flexibility index (Phi) is 9.25. The Morgan fingerprint density at radius 3 is 1.67 bits per heavy atom. The Labute approximate surface area is 158 Å². The summed E-state index contributed by atoms with van der Waals surface area (Å²) in [4.78, 5) is 49.5. The number of allylic oxidation sites excluding steroid dienone is 2. The number of ether oxygens (including phenoxy) is 4. The molecule has 0 radical (unpaired) electrons. The van der Waals surface area contributed by atoms with Crippen LogP contribution >= 0.6 is 0 Å². The Balaban J connectivity index is 3.45. The summed E-state index contributed by atoms with van der Waals surface area (Å²) in [6.07, 6.45) is 2.37. The molecule has 0 aromatic rings. The first kappa shape index (κ1) is 22.4. The molecule has 0 amide bonds. The van der Waals surface area contributed by atoms with Gasteiger partial charge in [0.2, 0.25) is 0 Å². The number of rotatable bonds is 9. The van der Waals surface area contributed by atoms with Gasteiger partial charge in [0, 0.05) is 0 Å². The third-order valence-electron chi connectivity index (χ3n) is 3.72. The lowest BCUT2D eigenvalue weighted by Gasteiger charge is -2.19. The highest BCUT2D eigenvalue weighted by atomic mass is 16.6. The number of hydrogen-bond donors (Lipinski definition) is 0. The second-order valence-corrected chi connectivity index (χ2v) is 5.43. The van der Waals surface area contributed by atoms with Crippen LogP contribution in [-0.4, -0.2) is 50.3 Å². The van der Waals surface area contributed by atoms with Crippen molar-refractivity contribution in [2.45, 2.75) is 40.5 Å². The van der Waals surface area contributed by atoms with E-state index in [1.807, 2.05) is 0 Å². The van der Waals surface area contributed by atoms with Crippen molar-refractivity contribution in [1.82, 2.24) is 0 Å². The maximum atomic E-state index is 12.4. The van der Waals surface area contributed by atoms with Gasteiger partial charge in [0.05, 0.1) is 26.4 Å². The van der Waals surface area contributed by atoms with Crippen molar-refractivity contribution in [3.8, 4) is 0 Å². The third-order valence-corrected chi connectivity index (χ3v) is 3.72. The molecule has 0 fully saturated rings. The molecule has 0 spiro atoms. The number of esters is 4.